The molecule has 0 spiro atoms. The molecule has 3 aliphatic heterocycles. The average molecular weight is 895 g/mol. The Bertz CT molecular complexity index is 2330. The molecule has 3 fully saturated rings. The van der Waals surface area contributed by atoms with E-state index in [1.54, 1.807) is 37.2 Å². The number of nitrogens with zero attached hydrogens (tertiary/aromatic N) is 12. The third-order valence-electron chi connectivity index (χ3n) is 12.9. The summed E-state index contributed by atoms with van der Waals surface area (Å²) in [6, 6.07) is 5.77. The Morgan fingerprint density at radius 2 is 1.17 bits per heavy atom. The van der Waals surface area contributed by atoms with Crippen molar-refractivity contribution in [3.05, 3.63) is 77.1 Å². The summed E-state index contributed by atoms with van der Waals surface area (Å²) >= 11 is 2.11. The Morgan fingerprint density at radius 1 is 0.621 bits per heavy atom. The summed E-state index contributed by atoms with van der Waals surface area (Å²) in [7, 11) is -0.387. The monoisotopic (exact) mass is 894 g/mol. The minimum Gasteiger partial charge on any atom is -0.399 e. The van der Waals surface area contributed by atoms with Crippen LogP contribution in [0.25, 0.3) is 33.6 Å². The number of imidazole rings is 2. The third kappa shape index (κ3) is 8.14. The highest BCUT2D eigenvalue weighted by Crippen LogP contribution is 2.37. The highest BCUT2D eigenvalue weighted by atomic mass is 127. The first-order chi connectivity index (χ1) is 28.1. The normalized spacial score (nSPS) is 20.7. The first kappa shape index (κ1) is 39.5. The van der Waals surface area contributed by atoms with Crippen LogP contribution < -0.4 is 5.46 Å². The predicted octanol–water partition coefficient (Wildman–Crippen LogP) is 5.52. The van der Waals surface area contributed by atoms with Crippen LogP contribution in [0.3, 0.4) is 0 Å². The Hall–Kier alpha value is -3.97. The van der Waals surface area contributed by atoms with Crippen molar-refractivity contribution in [1.82, 2.24) is 58.8 Å². The van der Waals surface area contributed by atoms with Crippen molar-refractivity contribution in [1.29, 1.82) is 0 Å². The lowest BCUT2D eigenvalue weighted by atomic mass is 9.80. The smallest absolute Gasteiger partial charge is 0.399 e. The lowest BCUT2D eigenvalue weighted by Crippen LogP contribution is -2.41. The fraction of sp³-hybridized carbons (Fsp3) is 0.524. The molecule has 58 heavy (non-hydrogen) atoms. The zero-order valence-electron chi connectivity index (χ0n) is 34.0. The van der Waals surface area contributed by atoms with E-state index in [-0.39, 0.29) is 18.3 Å². The number of halogens is 1. The number of fused-ring (bicyclic) bond motifs is 6. The van der Waals surface area contributed by atoms with Gasteiger partial charge in [-0.05, 0) is 88.1 Å². The highest BCUT2D eigenvalue weighted by molar-refractivity contribution is 14.1. The summed E-state index contributed by atoms with van der Waals surface area (Å²) in [5.74, 6) is 2.32. The maximum atomic E-state index is 6.18. The molecule has 0 radical (unpaired) electrons. The summed E-state index contributed by atoms with van der Waals surface area (Å²) in [5, 5.41) is 0. The molecule has 11 rings (SSSR count). The van der Waals surface area contributed by atoms with Gasteiger partial charge in [0.1, 0.15) is 26.4 Å². The van der Waals surface area contributed by atoms with Gasteiger partial charge in [-0.3, -0.25) is 24.8 Å². The molecular formula is C42H52BIN12O2. The van der Waals surface area contributed by atoms with Gasteiger partial charge in [0.15, 0.2) is 11.3 Å². The summed E-state index contributed by atoms with van der Waals surface area (Å²) < 4.78 is 17.9. The molecule has 2 aliphatic carbocycles. The van der Waals surface area contributed by atoms with Crippen LogP contribution in [0, 0.1) is 3.70 Å². The standard InChI is InChI=1S/C20H29BN4O2.C18H20N6.C4H3IN2/c1-19(2)20(3,4)27-21(26-19)14-12-16-18(22-13-14)25-11-10-24(15-6-5-7-15)9-8-17(25)23-16;1-2-14(3-1)23-7-4-17-22-15-10-13(16-12-19-5-6-20-16)11-21-18(15)24(17)9-8-23;5-4-3-6-1-2-7-4/h12-13,15H,5-11H2,1-4H3;5-6,10-12,14H,1-4,7-9H2;1-3H. The van der Waals surface area contributed by atoms with Crippen molar-refractivity contribution in [3.8, 4) is 11.3 Å². The second kappa shape index (κ2) is 16.6. The fourth-order valence-corrected chi connectivity index (χ4v) is 8.68. The molecule has 5 aliphatic rings. The molecule has 6 aromatic heterocycles. The van der Waals surface area contributed by atoms with Crippen molar-refractivity contribution in [2.75, 3.05) is 26.2 Å². The van der Waals surface area contributed by atoms with Crippen LogP contribution in [0.15, 0.2) is 61.7 Å². The van der Waals surface area contributed by atoms with Crippen molar-refractivity contribution in [2.45, 2.75) is 115 Å². The largest absolute Gasteiger partial charge is 0.496 e. The van der Waals surface area contributed by atoms with Gasteiger partial charge < -0.3 is 18.4 Å². The van der Waals surface area contributed by atoms with E-state index >= 15 is 0 Å². The van der Waals surface area contributed by atoms with Gasteiger partial charge in [0.25, 0.3) is 0 Å². The Labute approximate surface area is 353 Å². The lowest BCUT2D eigenvalue weighted by molar-refractivity contribution is 0.00578. The van der Waals surface area contributed by atoms with Gasteiger partial charge in [-0.25, -0.2) is 24.9 Å². The van der Waals surface area contributed by atoms with Crippen LogP contribution in [-0.2, 0) is 35.2 Å². The van der Waals surface area contributed by atoms with Crippen LogP contribution in [0.1, 0.15) is 77.9 Å². The summed E-state index contributed by atoms with van der Waals surface area (Å²) in [6.07, 6.45) is 24.2. The molecule has 0 amide bonds. The molecule has 0 atom stereocenters. The predicted molar refractivity (Wildman–Crippen MR) is 232 cm³/mol. The zero-order chi connectivity index (χ0) is 39.9. The van der Waals surface area contributed by atoms with Crippen molar-refractivity contribution in [3.63, 3.8) is 0 Å². The van der Waals surface area contributed by atoms with Crippen LogP contribution in [0.5, 0.6) is 0 Å². The molecular weight excluding hydrogens is 842 g/mol. The maximum Gasteiger partial charge on any atom is 0.496 e. The second-order valence-electron chi connectivity index (χ2n) is 17.0. The van der Waals surface area contributed by atoms with E-state index < -0.39 is 0 Å². The minimum atomic E-state index is -0.387. The summed E-state index contributed by atoms with van der Waals surface area (Å²) in [5.41, 5.74) is 5.97. The second-order valence-corrected chi connectivity index (χ2v) is 18.1. The van der Waals surface area contributed by atoms with E-state index in [0.29, 0.717) is 0 Å². The Balaban J connectivity index is 0.000000129. The molecule has 302 valence electrons. The number of hydrogen-bond donors (Lipinski definition) is 0. The van der Waals surface area contributed by atoms with E-state index in [9.17, 15) is 0 Å². The van der Waals surface area contributed by atoms with E-state index in [0.717, 1.165) is 119 Å². The molecule has 0 N–H and O–H groups in total. The molecule has 14 nitrogen and oxygen atoms in total. The van der Waals surface area contributed by atoms with E-state index in [1.165, 1.54) is 38.5 Å². The first-order valence-corrected chi connectivity index (χ1v) is 21.9. The third-order valence-corrected chi connectivity index (χ3v) is 13.5. The van der Waals surface area contributed by atoms with Gasteiger partial charge in [0, 0.05) is 112 Å². The minimum absolute atomic E-state index is 0.344. The highest BCUT2D eigenvalue weighted by Gasteiger charge is 2.52. The van der Waals surface area contributed by atoms with Crippen LogP contribution in [-0.4, -0.2) is 115 Å². The van der Waals surface area contributed by atoms with Gasteiger partial charge in [-0.1, -0.05) is 12.8 Å². The van der Waals surface area contributed by atoms with Gasteiger partial charge in [-0.15, -0.1) is 0 Å². The van der Waals surface area contributed by atoms with Crippen molar-refractivity contribution < 1.29 is 9.31 Å². The van der Waals surface area contributed by atoms with Crippen molar-refractivity contribution >= 4 is 57.5 Å². The van der Waals surface area contributed by atoms with E-state index in [2.05, 4.69) is 101 Å². The molecule has 1 saturated heterocycles. The summed E-state index contributed by atoms with van der Waals surface area (Å²) in [4.78, 5) is 40.7. The fourth-order valence-electron chi connectivity index (χ4n) is 8.36. The Morgan fingerprint density at radius 3 is 1.66 bits per heavy atom. The maximum absolute atomic E-state index is 6.18. The molecule has 9 heterocycles. The number of rotatable bonds is 4. The lowest BCUT2D eigenvalue weighted by Gasteiger charge is -2.36. The van der Waals surface area contributed by atoms with Gasteiger partial charge in [0.2, 0.25) is 0 Å². The number of hydrogen-bond acceptors (Lipinski definition) is 12. The Kier molecular flexibility index (Phi) is 11.3. The van der Waals surface area contributed by atoms with Crippen LogP contribution in [0.2, 0.25) is 0 Å². The first-order valence-electron chi connectivity index (χ1n) is 20.8. The van der Waals surface area contributed by atoms with Crippen molar-refractivity contribution in [2.24, 2.45) is 0 Å². The molecule has 0 unspecified atom stereocenters. The molecule has 0 aromatic carbocycles. The topological polar surface area (TPSA) is 138 Å². The van der Waals surface area contributed by atoms with Crippen LogP contribution >= 0.6 is 22.6 Å². The zero-order valence-corrected chi connectivity index (χ0v) is 36.1. The quantitative estimate of drug-likeness (QED) is 0.163. The molecule has 0 bridgehead atoms. The molecule has 16 heteroatoms. The van der Waals surface area contributed by atoms with Gasteiger partial charge >= 0.3 is 7.12 Å². The summed E-state index contributed by atoms with van der Waals surface area (Å²) in [6.45, 7) is 14.7. The number of pyridine rings is 2. The molecule has 2 saturated carbocycles. The van der Waals surface area contributed by atoms with Crippen LogP contribution in [0.4, 0.5) is 0 Å². The average Bonchev–Trinajstić information content (AvgIpc) is 3.65. The van der Waals surface area contributed by atoms with Gasteiger partial charge in [0.05, 0.1) is 29.3 Å². The van der Waals surface area contributed by atoms with E-state index in [1.807, 2.05) is 12.4 Å². The van der Waals surface area contributed by atoms with E-state index in [4.69, 9.17) is 29.2 Å². The SMILES string of the molecule is CC1(C)OB(c2cnc3c(c2)nc2n3CCN(C3CCC3)CC2)OC1(C)C.Ic1cnccn1.c1cnc(-c2cnc3c(c2)nc2n3CCN(C3CCC3)CC2)cn1. The number of aromatic nitrogens is 10. The van der Waals surface area contributed by atoms with Gasteiger partial charge in [-0.2, -0.15) is 0 Å². The molecule has 6 aromatic rings.